The number of pyridine rings is 1. The normalized spacial score (nSPS) is 19.9. The zero-order valence-corrected chi connectivity index (χ0v) is 9.81. The molecule has 2 aromatic rings. The average Bonchev–Trinajstić information content (AvgIpc) is 2.97. The number of rotatable bonds is 2. The number of aromatic nitrogens is 2. The molecule has 0 amide bonds. The molecule has 1 fully saturated rings. The van der Waals surface area contributed by atoms with E-state index in [1.165, 1.54) is 0 Å². The van der Waals surface area contributed by atoms with Gasteiger partial charge in [-0.15, -0.1) is 0 Å². The summed E-state index contributed by atoms with van der Waals surface area (Å²) in [6, 6.07) is 3.89. The van der Waals surface area contributed by atoms with Gasteiger partial charge in [0.1, 0.15) is 0 Å². The van der Waals surface area contributed by atoms with Crippen molar-refractivity contribution in [1.82, 2.24) is 14.9 Å². The number of ketones is 1. The summed E-state index contributed by atoms with van der Waals surface area (Å²) in [5, 5.41) is 3.23. The third-order valence-corrected chi connectivity index (χ3v) is 3.44. The van der Waals surface area contributed by atoms with E-state index in [2.05, 4.69) is 10.3 Å². The number of hydrogen-bond acceptors (Lipinski definition) is 3. The molecule has 4 nitrogen and oxygen atoms in total. The SMILES string of the molecule is Cn1cc(C(=O)C2CCNC2)c2ncccc21. The number of hydrogen-bond donors (Lipinski definition) is 1. The second kappa shape index (κ2) is 3.96. The molecule has 1 unspecified atom stereocenters. The number of fused-ring (bicyclic) bond motifs is 1. The Morgan fingerprint density at radius 3 is 3.24 bits per heavy atom. The molecule has 1 aliphatic heterocycles. The Kier molecular flexibility index (Phi) is 2.44. The Labute approximate surface area is 99.6 Å². The van der Waals surface area contributed by atoms with E-state index >= 15 is 0 Å². The zero-order chi connectivity index (χ0) is 11.8. The molecule has 3 rings (SSSR count). The Balaban J connectivity index is 2.08. The molecule has 3 heterocycles. The number of carbonyl (C=O) groups is 1. The van der Waals surface area contributed by atoms with E-state index in [4.69, 9.17) is 0 Å². The van der Waals surface area contributed by atoms with Crippen molar-refractivity contribution in [2.45, 2.75) is 6.42 Å². The Morgan fingerprint density at radius 1 is 1.59 bits per heavy atom. The van der Waals surface area contributed by atoms with Crippen LogP contribution in [0.4, 0.5) is 0 Å². The van der Waals surface area contributed by atoms with Crippen LogP contribution in [-0.4, -0.2) is 28.4 Å². The topological polar surface area (TPSA) is 46.9 Å². The first kappa shape index (κ1) is 10.5. The van der Waals surface area contributed by atoms with Crippen molar-refractivity contribution in [2.24, 2.45) is 13.0 Å². The summed E-state index contributed by atoms with van der Waals surface area (Å²) in [5.41, 5.74) is 2.60. The second-order valence-corrected chi connectivity index (χ2v) is 4.58. The molecule has 4 heteroatoms. The maximum absolute atomic E-state index is 12.4. The van der Waals surface area contributed by atoms with E-state index in [0.717, 1.165) is 36.1 Å². The lowest BCUT2D eigenvalue weighted by molar-refractivity contribution is 0.0931. The van der Waals surface area contributed by atoms with E-state index in [0.29, 0.717) is 0 Å². The van der Waals surface area contributed by atoms with Gasteiger partial charge in [0.2, 0.25) is 0 Å². The van der Waals surface area contributed by atoms with E-state index in [1.807, 2.05) is 29.9 Å². The lowest BCUT2D eigenvalue weighted by atomic mass is 9.98. The summed E-state index contributed by atoms with van der Waals surface area (Å²) in [5.74, 6) is 0.335. The van der Waals surface area contributed by atoms with E-state index < -0.39 is 0 Å². The molecule has 1 saturated heterocycles. The van der Waals surface area contributed by atoms with Crippen molar-refractivity contribution >= 4 is 16.8 Å². The van der Waals surface area contributed by atoms with E-state index in [-0.39, 0.29) is 11.7 Å². The lowest BCUT2D eigenvalue weighted by Gasteiger charge is -2.04. The predicted molar refractivity (Wildman–Crippen MR) is 66.0 cm³/mol. The van der Waals surface area contributed by atoms with Crippen LogP contribution in [0.5, 0.6) is 0 Å². The second-order valence-electron chi connectivity index (χ2n) is 4.58. The molecular formula is C13H15N3O. The van der Waals surface area contributed by atoms with Gasteiger partial charge in [0.15, 0.2) is 5.78 Å². The molecule has 0 saturated carbocycles. The van der Waals surface area contributed by atoms with Crippen LogP contribution < -0.4 is 5.32 Å². The van der Waals surface area contributed by atoms with Gasteiger partial charge in [-0.1, -0.05) is 0 Å². The van der Waals surface area contributed by atoms with E-state index in [9.17, 15) is 4.79 Å². The Morgan fingerprint density at radius 2 is 2.47 bits per heavy atom. The molecule has 1 aliphatic rings. The lowest BCUT2D eigenvalue weighted by Crippen LogP contribution is -2.17. The van der Waals surface area contributed by atoms with Crippen molar-refractivity contribution in [1.29, 1.82) is 0 Å². The van der Waals surface area contributed by atoms with Crippen LogP contribution in [0.1, 0.15) is 16.8 Å². The van der Waals surface area contributed by atoms with Crippen molar-refractivity contribution in [3.63, 3.8) is 0 Å². The molecule has 0 bridgehead atoms. The van der Waals surface area contributed by atoms with Crippen LogP contribution in [0, 0.1) is 5.92 Å². The summed E-state index contributed by atoms with van der Waals surface area (Å²) in [6.07, 6.45) is 4.58. The predicted octanol–water partition coefficient (Wildman–Crippen LogP) is 1.37. The third-order valence-electron chi connectivity index (χ3n) is 3.44. The maximum Gasteiger partial charge on any atom is 0.170 e. The summed E-state index contributed by atoms with van der Waals surface area (Å²) < 4.78 is 1.97. The fourth-order valence-electron chi connectivity index (χ4n) is 2.49. The van der Waals surface area contributed by atoms with Gasteiger partial charge in [0.25, 0.3) is 0 Å². The molecule has 0 radical (unpaired) electrons. The van der Waals surface area contributed by atoms with Crippen molar-refractivity contribution in [2.75, 3.05) is 13.1 Å². The first-order valence-electron chi connectivity index (χ1n) is 5.92. The molecule has 1 atom stereocenters. The first-order valence-corrected chi connectivity index (χ1v) is 5.92. The van der Waals surface area contributed by atoms with Crippen LogP contribution in [0.2, 0.25) is 0 Å². The Bertz CT molecular complexity index is 567. The van der Waals surface area contributed by atoms with Gasteiger partial charge in [-0.3, -0.25) is 9.78 Å². The minimum atomic E-state index is 0.114. The Hall–Kier alpha value is -1.68. The van der Waals surface area contributed by atoms with Crippen LogP contribution >= 0.6 is 0 Å². The van der Waals surface area contributed by atoms with Gasteiger partial charge in [-0.25, -0.2) is 0 Å². The van der Waals surface area contributed by atoms with Crippen molar-refractivity contribution < 1.29 is 4.79 Å². The van der Waals surface area contributed by atoms with Gasteiger partial charge < -0.3 is 9.88 Å². The largest absolute Gasteiger partial charge is 0.348 e. The minimum Gasteiger partial charge on any atom is -0.348 e. The number of carbonyl (C=O) groups excluding carboxylic acids is 1. The van der Waals surface area contributed by atoms with Gasteiger partial charge in [-0.2, -0.15) is 0 Å². The van der Waals surface area contributed by atoms with Crippen LogP contribution in [0.3, 0.4) is 0 Å². The minimum absolute atomic E-state index is 0.114. The maximum atomic E-state index is 12.4. The number of nitrogens with one attached hydrogen (secondary N) is 1. The number of aryl methyl sites for hydroxylation is 1. The fourth-order valence-corrected chi connectivity index (χ4v) is 2.49. The fraction of sp³-hybridized carbons (Fsp3) is 0.385. The molecular weight excluding hydrogens is 214 g/mol. The molecule has 17 heavy (non-hydrogen) atoms. The summed E-state index contributed by atoms with van der Waals surface area (Å²) in [6.45, 7) is 1.73. The van der Waals surface area contributed by atoms with Gasteiger partial charge in [-0.05, 0) is 25.1 Å². The summed E-state index contributed by atoms with van der Waals surface area (Å²) >= 11 is 0. The molecule has 0 aromatic carbocycles. The van der Waals surface area contributed by atoms with Gasteiger partial charge >= 0.3 is 0 Å². The monoisotopic (exact) mass is 229 g/mol. The third kappa shape index (κ3) is 1.65. The van der Waals surface area contributed by atoms with Crippen LogP contribution in [0.15, 0.2) is 24.5 Å². The summed E-state index contributed by atoms with van der Waals surface area (Å²) in [7, 11) is 1.95. The first-order chi connectivity index (χ1) is 8.27. The molecule has 0 aliphatic carbocycles. The van der Waals surface area contributed by atoms with Gasteiger partial charge in [0, 0.05) is 31.9 Å². The highest BCUT2D eigenvalue weighted by molar-refractivity contribution is 6.07. The van der Waals surface area contributed by atoms with Crippen LogP contribution in [-0.2, 0) is 7.05 Å². The molecule has 88 valence electrons. The zero-order valence-electron chi connectivity index (χ0n) is 9.81. The quantitative estimate of drug-likeness (QED) is 0.791. The molecule has 0 spiro atoms. The average molecular weight is 229 g/mol. The molecule has 1 N–H and O–H groups in total. The number of nitrogens with zero attached hydrogens (tertiary/aromatic N) is 2. The highest BCUT2D eigenvalue weighted by atomic mass is 16.1. The summed E-state index contributed by atoms with van der Waals surface area (Å²) in [4.78, 5) is 16.7. The standard InChI is InChI=1S/C13H15N3O/c1-16-8-10(12-11(16)3-2-5-15-12)13(17)9-4-6-14-7-9/h2-3,5,8-9,14H,4,6-7H2,1H3. The highest BCUT2D eigenvalue weighted by Gasteiger charge is 2.26. The van der Waals surface area contributed by atoms with Gasteiger partial charge in [0.05, 0.1) is 16.6 Å². The number of Topliss-reactive ketones (excluding diaryl/α,β-unsaturated/α-hetero) is 1. The van der Waals surface area contributed by atoms with Crippen molar-refractivity contribution in [3.05, 3.63) is 30.1 Å². The molecule has 2 aromatic heterocycles. The van der Waals surface area contributed by atoms with Crippen molar-refractivity contribution in [3.8, 4) is 0 Å². The highest BCUT2D eigenvalue weighted by Crippen LogP contribution is 2.23. The van der Waals surface area contributed by atoms with Crippen LogP contribution in [0.25, 0.3) is 11.0 Å². The smallest absolute Gasteiger partial charge is 0.170 e. The van der Waals surface area contributed by atoms with E-state index in [1.54, 1.807) is 6.20 Å².